The van der Waals surface area contributed by atoms with Crippen molar-refractivity contribution in [1.82, 2.24) is 53.2 Å². The molecule has 0 fully saturated rings. The second-order valence-electron chi connectivity index (χ2n) is 10.7. The lowest BCUT2D eigenvalue weighted by Crippen LogP contribution is -2.36. The van der Waals surface area contributed by atoms with Gasteiger partial charge in [-0.05, 0) is 51.9 Å². The zero-order valence-corrected chi connectivity index (χ0v) is 31.1. The van der Waals surface area contributed by atoms with Gasteiger partial charge in [-0.25, -0.2) is 0 Å². The minimum absolute atomic E-state index is 0.715. The average molecular weight is 667 g/mol. The highest BCUT2D eigenvalue weighted by Gasteiger charge is 1.90. The normalized spacial score (nSPS) is 10.4. The maximum absolute atomic E-state index is 5.36. The fourth-order valence-corrected chi connectivity index (χ4v) is 3.43. The Morgan fingerprint density at radius 1 is 0.217 bits per heavy atom. The molecule has 0 saturated heterocycles. The largest absolute Gasteiger partial charge is 0.329 e. The van der Waals surface area contributed by atoms with Crippen molar-refractivity contribution in [2.75, 3.05) is 157 Å². The number of hydrogen-bond acceptors (Lipinski definition) is 14. The van der Waals surface area contributed by atoms with E-state index in [-0.39, 0.29) is 0 Å². The van der Waals surface area contributed by atoms with Crippen LogP contribution in [0.5, 0.6) is 0 Å². The molecule has 0 aromatic heterocycles. The topological polar surface area (TPSA) is 224 Å². The summed E-state index contributed by atoms with van der Waals surface area (Å²) in [6, 6.07) is 0. The van der Waals surface area contributed by atoms with Crippen LogP contribution in [0.1, 0.15) is 53.4 Å². The van der Waals surface area contributed by atoms with Crippen LogP contribution in [-0.2, 0) is 0 Å². The molecule has 0 aromatic rings. The van der Waals surface area contributed by atoms with Crippen LogP contribution in [-0.4, -0.2) is 157 Å². The second-order valence-corrected chi connectivity index (χ2v) is 10.7. The van der Waals surface area contributed by atoms with Crippen LogP contribution < -0.4 is 76.1 Å². The first-order valence-electron chi connectivity index (χ1n) is 18.5. The summed E-state index contributed by atoms with van der Waals surface area (Å²) in [4.78, 5) is 0. The first-order valence-corrected chi connectivity index (χ1v) is 18.5. The van der Waals surface area contributed by atoms with E-state index >= 15 is 0 Å². The Morgan fingerprint density at radius 2 is 0.348 bits per heavy atom. The first-order chi connectivity index (χ1) is 22.7. The first kappa shape index (κ1) is 52.3. The van der Waals surface area contributed by atoms with Gasteiger partial charge in [-0.3, -0.25) is 0 Å². The van der Waals surface area contributed by atoms with E-state index in [0.717, 1.165) is 151 Å². The number of nitrogens with two attached hydrogens (primary N) is 4. The molecule has 0 amide bonds. The van der Waals surface area contributed by atoms with E-state index in [2.05, 4.69) is 80.9 Å². The Kier molecular flexibility index (Phi) is 68.0. The fraction of sp³-hybridized carbons (Fsp3) is 1.00. The van der Waals surface area contributed by atoms with E-state index < -0.39 is 0 Å². The predicted molar refractivity (Wildman–Crippen MR) is 206 cm³/mol. The van der Waals surface area contributed by atoms with Crippen molar-refractivity contribution in [3.8, 4) is 0 Å². The van der Waals surface area contributed by atoms with Crippen LogP contribution in [0.4, 0.5) is 0 Å². The third kappa shape index (κ3) is 70.0. The zero-order chi connectivity index (χ0) is 34.9. The Hall–Kier alpha value is -0.560. The third-order valence-electron chi connectivity index (χ3n) is 5.86. The van der Waals surface area contributed by atoms with Gasteiger partial charge in [0.15, 0.2) is 0 Å². The summed E-state index contributed by atoms with van der Waals surface area (Å²) >= 11 is 0. The molecule has 0 bridgehead atoms. The van der Waals surface area contributed by atoms with Gasteiger partial charge in [0, 0.05) is 131 Å². The molecule has 0 aromatic carbocycles. The van der Waals surface area contributed by atoms with Gasteiger partial charge in [0.25, 0.3) is 0 Å². The summed E-state index contributed by atoms with van der Waals surface area (Å²) < 4.78 is 0. The highest BCUT2D eigenvalue weighted by Crippen LogP contribution is 1.70. The molecule has 0 spiro atoms. The standard InChI is InChI=1S/C11H29N5.C9H24N4.C7H19N3.C5H14N2/c1-2-4-13-6-8-15-10-11-16-9-7-14-5-3-12;1-2-4-11-6-8-13-9-7-12-5-3-10;1-2-4-9-6-7-10-5-3-8;1-2-4-7-5-3-6/h13-16H,2-12H2,1H3;11-13H,2-10H2,1H3;9-10H,2-8H2,1H3;7H,2-6H2,1H3. The summed E-state index contributed by atoms with van der Waals surface area (Å²) in [5, 5.41) is 32.9. The van der Waals surface area contributed by atoms with Gasteiger partial charge in [0.2, 0.25) is 0 Å². The van der Waals surface area contributed by atoms with E-state index in [4.69, 9.17) is 22.9 Å². The summed E-state index contributed by atoms with van der Waals surface area (Å²) in [7, 11) is 0. The highest BCUT2D eigenvalue weighted by atomic mass is 15.0. The molecule has 0 atom stereocenters. The molecule has 14 nitrogen and oxygen atoms in total. The molecular weight excluding hydrogens is 580 g/mol. The van der Waals surface area contributed by atoms with Gasteiger partial charge in [0.05, 0.1) is 0 Å². The lowest BCUT2D eigenvalue weighted by atomic mass is 10.4. The monoisotopic (exact) mass is 667 g/mol. The van der Waals surface area contributed by atoms with Crippen molar-refractivity contribution in [3.63, 3.8) is 0 Å². The van der Waals surface area contributed by atoms with Crippen LogP contribution in [0.25, 0.3) is 0 Å². The Balaban J connectivity index is -0.000000266. The summed E-state index contributed by atoms with van der Waals surface area (Å²) in [6.07, 6.45) is 4.81. The molecular formula is C32H86N14. The van der Waals surface area contributed by atoms with Gasteiger partial charge in [0.1, 0.15) is 0 Å². The van der Waals surface area contributed by atoms with Crippen LogP contribution >= 0.6 is 0 Å². The maximum atomic E-state index is 5.36. The zero-order valence-electron chi connectivity index (χ0n) is 31.1. The predicted octanol–water partition coefficient (Wildman–Crippen LogP) is -2.68. The number of rotatable bonds is 34. The van der Waals surface area contributed by atoms with E-state index in [0.29, 0.717) is 6.54 Å². The number of nitrogens with one attached hydrogen (secondary N) is 10. The summed E-state index contributed by atoms with van der Waals surface area (Å²) in [5.41, 5.74) is 21.2. The summed E-state index contributed by atoms with van der Waals surface area (Å²) in [6.45, 7) is 32.1. The molecule has 0 saturated carbocycles. The number of hydrogen-bond donors (Lipinski definition) is 14. The van der Waals surface area contributed by atoms with Crippen molar-refractivity contribution in [1.29, 1.82) is 0 Å². The van der Waals surface area contributed by atoms with Crippen molar-refractivity contribution < 1.29 is 0 Å². The minimum Gasteiger partial charge on any atom is -0.329 e. The molecule has 46 heavy (non-hydrogen) atoms. The molecule has 0 aliphatic rings. The van der Waals surface area contributed by atoms with E-state index in [9.17, 15) is 0 Å². The lowest BCUT2D eigenvalue weighted by molar-refractivity contribution is 0.566. The Bertz CT molecular complexity index is 404. The van der Waals surface area contributed by atoms with Gasteiger partial charge >= 0.3 is 0 Å². The quantitative estimate of drug-likeness (QED) is 0.0315. The molecule has 0 rings (SSSR count). The fourth-order valence-electron chi connectivity index (χ4n) is 3.43. The average Bonchev–Trinajstić information content (AvgIpc) is 3.07. The lowest BCUT2D eigenvalue weighted by Gasteiger charge is -2.07. The smallest absolute Gasteiger partial charge is 0.00772 e. The van der Waals surface area contributed by atoms with Gasteiger partial charge < -0.3 is 76.1 Å². The van der Waals surface area contributed by atoms with Gasteiger partial charge in [-0.15, -0.1) is 0 Å². The van der Waals surface area contributed by atoms with Crippen molar-refractivity contribution in [3.05, 3.63) is 0 Å². The molecule has 0 aliphatic carbocycles. The van der Waals surface area contributed by atoms with Crippen molar-refractivity contribution in [2.45, 2.75) is 53.4 Å². The Labute approximate surface area is 286 Å². The van der Waals surface area contributed by atoms with Gasteiger partial charge in [-0.1, -0.05) is 27.7 Å². The van der Waals surface area contributed by atoms with Crippen LogP contribution in [0.3, 0.4) is 0 Å². The van der Waals surface area contributed by atoms with Gasteiger partial charge in [-0.2, -0.15) is 0 Å². The van der Waals surface area contributed by atoms with Crippen LogP contribution in [0.2, 0.25) is 0 Å². The Morgan fingerprint density at radius 3 is 0.500 bits per heavy atom. The van der Waals surface area contributed by atoms with E-state index in [1.807, 2.05) is 0 Å². The van der Waals surface area contributed by atoms with Crippen LogP contribution in [0.15, 0.2) is 0 Å². The van der Waals surface area contributed by atoms with Crippen molar-refractivity contribution in [2.24, 2.45) is 22.9 Å². The highest BCUT2D eigenvalue weighted by molar-refractivity contribution is 4.57. The van der Waals surface area contributed by atoms with Crippen molar-refractivity contribution >= 4 is 0 Å². The molecule has 284 valence electrons. The third-order valence-corrected chi connectivity index (χ3v) is 5.86. The summed E-state index contributed by atoms with van der Waals surface area (Å²) in [5.74, 6) is 0. The maximum Gasteiger partial charge on any atom is 0.00772 e. The van der Waals surface area contributed by atoms with E-state index in [1.54, 1.807) is 0 Å². The molecule has 0 radical (unpaired) electrons. The molecule has 0 heterocycles. The SMILES string of the molecule is CCCNCCN.CCCNCCNCCN.CCCNCCNCCNCCN.CCCNCCNCCNCCNCCN. The molecule has 0 aliphatic heterocycles. The molecule has 18 N–H and O–H groups in total. The van der Waals surface area contributed by atoms with E-state index in [1.165, 1.54) is 25.7 Å². The minimum atomic E-state index is 0.715. The second kappa shape index (κ2) is 59.8. The van der Waals surface area contributed by atoms with Crippen LogP contribution in [0, 0.1) is 0 Å². The molecule has 0 unspecified atom stereocenters. The molecule has 14 heteroatoms.